The molecule has 0 aliphatic carbocycles. The second-order valence-corrected chi connectivity index (χ2v) is 8.50. The largest absolute Gasteiger partial charge is 0.420 e. The average Bonchev–Trinajstić information content (AvgIpc) is 3.13. The summed E-state index contributed by atoms with van der Waals surface area (Å²) in [7, 11) is -3.73. The van der Waals surface area contributed by atoms with Gasteiger partial charge in [-0.1, -0.05) is 59.7 Å². The molecule has 0 fully saturated rings. The number of allylic oxidation sites excluding steroid dienone is 1. The maximum absolute atomic E-state index is 12.2. The molecule has 6 nitrogen and oxygen atoms in total. The number of carbonyl (C=O) groups excluding carboxylic acids is 1. The van der Waals surface area contributed by atoms with Crippen molar-refractivity contribution < 1.29 is 17.6 Å². The minimum absolute atomic E-state index is 0.0407. The maximum atomic E-state index is 12.2. The Morgan fingerprint density at radius 1 is 0.931 bits per heavy atom. The molecule has 29 heavy (non-hydrogen) atoms. The van der Waals surface area contributed by atoms with E-state index in [0.29, 0.717) is 5.56 Å². The highest BCUT2D eigenvalue weighted by molar-refractivity contribution is 7.93. The zero-order valence-corrected chi connectivity index (χ0v) is 16.9. The number of sulfone groups is 1. The van der Waals surface area contributed by atoms with Gasteiger partial charge in [0.15, 0.2) is 15.6 Å². The van der Waals surface area contributed by atoms with E-state index in [2.05, 4.69) is 10.2 Å². The second-order valence-electron chi connectivity index (χ2n) is 6.62. The van der Waals surface area contributed by atoms with E-state index in [9.17, 15) is 13.2 Å². The van der Waals surface area contributed by atoms with Gasteiger partial charge in [0.2, 0.25) is 11.8 Å². The molecular formula is C22H20N2O4S. The van der Waals surface area contributed by atoms with Gasteiger partial charge in [0, 0.05) is 17.0 Å². The van der Waals surface area contributed by atoms with Gasteiger partial charge in [0.25, 0.3) is 0 Å². The second kappa shape index (κ2) is 8.79. The molecule has 0 amide bonds. The number of ketones is 1. The van der Waals surface area contributed by atoms with Crippen molar-refractivity contribution in [1.82, 2.24) is 10.2 Å². The van der Waals surface area contributed by atoms with Crippen molar-refractivity contribution >= 4 is 27.8 Å². The maximum Gasteiger partial charge on any atom is 0.240 e. The van der Waals surface area contributed by atoms with E-state index in [0.717, 1.165) is 28.2 Å². The lowest BCUT2D eigenvalue weighted by Crippen LogP contribution is -2.02. The molecule has 3 aromatic rings. The van der Waals surface area contributed by atoms with Crippen LogP contribution in [-0.2, 0) is 15.6 Å². The monoisotopic (exact) mass is 408 g/mol. The van der Waals surface area contributed by atoms with Gasteiger partial charge in [0.1, 0.15) is 5.75 Å². The van der Waals surface area contributed by atoms with Crippen molar-refractivity contribution in [3.05, 3.63) is 94.1 Å². The van der Waals surface area contributed by atoms with E-state index >= 15 is 0 Å². The minimum atomic E-state index is -3.73. The summed E-state index contributed by atoms with van der Waals surface area (Å²) >= 11 is 0. The number of hydrogen-bond acceptors (Lipinski definition) is 6. The van der Waals surface area contributed by atoms with Crippen LogP contribution in [0.3, 0.4) is 0 Å². The summed E-state index contributed by atoms with van der Waals surface area (Å²) in [6.45, 7) is 3.91. The molecule has 148 valence electrons. The molecule has 7 heteroatoms. The average molecular weight is 408 g/mol. The van der Waals surface area contributed by atoms with Crippen molar-refractivity contribution in [2.24, 2.45) is 0 Å². The standard InChI is InChI=1S/C22H20N2O4S/c1-16-3-7-18(8-4-16)9-12-21-23-24-22(28-21)15-29(26,27)14-13-20(25)19-10-5-17(2)6-11-19/h3-14H,15H2,1-2H3. The van der Waals surface area contributed by atoms with E-state index in [1.54, 1.807) is 36.4 Å². The first-order valence-electron chi connectivity index (χ1n) is 8.90. The predicted octanol–water partition coefficient (Wildman–Crippen LogP) is 4.17. The third-order valence-corrected chi connectivity index (χ3v) is 5.27. The topological polar surface area (TPSA) is 90.1 Å². The highest BCUT2D eigenvalue weighted by Gasteiger charge is 2.14. The Kier molecular flexibility index (Phi) is 6.19. The molecule has 0 radical (unpaired) electrons. The van der Waals surface area contributed by atoms with Gasteiger partial charge < -0.3 is 4.42 Å². The van der Waals surface area contributed by atoms with Gasteiger partial charge in [-0.3, -0.25) is 4.79 Å². The predicted molar refractivity (Wildman–Crippen MR) is 112 cm³/mol. The molecule has 0 bridgehead atoms. The summed E-state index contributed by atoms with van der Waals surface area (Å²) in [6.07, 6.45) is 4.45. The van der Waals surface area contributed by atoms with Crippen molar-refractivity contribution in [2.45, 2.75) is 19.6 Å². The van der Waals surface area contributed by atoms with Crippen LogP contribution < -0.4 is 0 Å². The molecule has 0 N–H and O–H groups in total. The summed E-state index contributed by atoms with van der Waals surface area (Å²) in [6, 6.07) is 14.7. The number of benzene rings is 2. The quantitative estimate of drug-likeness (QED) is 0.431. The Morgan fingerprint density at radius 2 is 1.55 bits per heavy atom. The van der Waals surface area contributed by atoms with E-state index in [4.69, 9.17) is 4.42 Å². The fourth-order valence-electron chi connectivity index (χ4n) is 2.44. The van der Waals surface area contributed by atoms with Gasteiger partial charge in [0.05, 0.1) is 0 Å². The Hall–Kier alpha value is -3.32. The Bertz CT molecular complexity index is 1160. The van der Waals surface area contributed by atoms with Crippen LogP contribution in [0.1, 0.15) is 38.8 Å². The number of carbonyl (C=O) groups is 1. The van der Waals surface area contributed by atoms with Crippen LogP contribution in [-0.4, -0.2) is 24.4 Å². The lowest BCUT2D eigenvalue weighted by molar-refractivity contribution is 0.104. The lowest BCUT2D eigenvalue weighted by atomic mass is 10.1. The van der Waals surface area contributed by atoms with E-state index in [1.807, 2.05) is 38.1 Å². The molecule has 0 spiro atoms. The van der Waals surface area contributed by atoms with E-state index < -0.39 is 15.6 Å². The normalized spacial score (nSPS) is 12.1. The summed E-state index contributed by atoms with van der Waals surface area (Å²) in [4.78, 5) is 12.1. The molecule has 0 saturated carbocycles. The third-order valence-electron chi connectivity index (χ3n) is 4.07. The van der Waals surface area contributed by atoms with Gasteiger partial charge in [-0.15, -0.1) is 10.2 Å². The van der Waals surface area contributed by atoms with Crippen LogP contribution in [0.4, 0.5) is 0 Å². The van der Waals surface area contributed by atoms with Crippen LogP contribution in [0.15, 0.2) is 64.4 Å². The molecule has 1 heterocycles. The molecule has 0 atom stereocenters. The Balaban J connectivity index is 1.63. The van der Waals surface area contributed by atoms with Gasteiger partial charge >= 0.3 is 0 Å². The van der Waals surface area contributed by atoms with Gasteiger partial charge in [-0.25, -0.2) is 8.42 Å². The fourth-order valence-corrected chi connectivity index (χ4v) is 3.33. The molecule has 0 saturated heterocycles. The molecule has 0 aliphatic heterocycles. The van der Waals surface area contributed by atoms with Gasteiger partial charge in [-0.2, -0.15) is 0 Å². The molecule has 3 rings (SSSR count). The number of rotatable bonds is 7. The fraction of sp³-hybridized carbons (Fsp3) is 0.136. The van der Waals surface area contributed by atoms with Crippen LogP contribution in [0.5, 0.6) is 0 Å². The Morgan fingerprint density at radius 3 is 2.21 bits per heavy atom. The summed E-state index contributed by atoms with van der Waals surface area (Å²) < 4.78 is 29.8. The summed E-state index contributed by atoms with van der Waals surface area (Å²) in [5, 5.41) is 8.46. The molecular weight excluding hydrogens is 388 g/mol. The van der Waals surface area contributed by atoms with Crippen LogP contribution in [0, 0.1) is 13.8 Å². The number of nitrogens with zero attached hydrogens (tertiary/aromatic N) is 2. The van der Waals surface area contributed by atoms with E-state index in [-0.39, 0.29) is 17.6 Å². The highest BCUT2D eigenvalue weighted by Crippen LogP contribution is 2.12. The van der Waals surface area contributed by atoms with Crippen molar-refractivity contribution in [1.29, 1.82) is 0 Å². The molecule has 0 unspecified atom stereocenters. The molecule has 0 aliphatic rings. The van der Waals surface area contributed by atoms with Gasteiger partial charge in [-0.05, 0) is 31.6 Å². The first-order chi connectivity index (χ1) is 13.8. The number of aromatic nitrogens is 2. The van der Waals surface area contributed by atoms with Crippen molar-refractivity contribution in [2.75, 3.05) is 0 Å². The number of aryl methyl sites for hydroxylation is 2. The first-order valence-corrected chi connectivity index (χ1v) is 10.6. The van der Waals surface area contributed by atoms with Crippen LogP contribution >= 0.6 is 0 Å². The molecule has 1 aromatic heterocycles. The van der Waals surface area contributed by atoms with Crippen LogP contribution in [0.2, 0.25) is 0 Å². The van der Waals surface area contributed by atoms with Crippen molar-refractivity contribution in [3.63, 3.8) is 0 Å². The zero-order valence-electron chi connectivity index (χ0n) is 16.1. The SMILES string of the molecule is Cc1ccc(C=Cc2nnc(CS(=O)(=O)C=CC(=O)c3ccc(C)cc3)o2)cc1. The van der Waals surface area contributed by atoms with Crippen molar-refractivity contribution in [3.8, 4) is 0 Å². The number of hydrogen-bond donors (Lipinski definition) is 0. The molecule has 2 aromatic carbocycles. The smallest absolute Gasteiger partial charge is 0.240 e. The Labute approximate surface area is 169 Å². The third kappa shape index (κ3) is 6.08. The van der Waals surface area contributed by atoms with Crippen LogP contribution in [0.25, 0.3) is 12.2 Å². The highest BCUT2D eigenvalue weighted by atomic mass is 32.2. The van der Waals surface area contributed by atoms with E-state index in [1.165, 1.54) is 0 Å². The summed E-state index contributed by atoms with van der Waals surface area (Å²) in [5.41, 5.74) is 3.55. The lowest BCUT2D eigenvalue weighted by Gasteiger charge is -1.97. The summed E-state index contributed by atoms with van der Waals surface area (Å²) in [5.74, 6) is -0.701. The zero-order chi connectivity index (χ0) is 20.9. The first kappa shape index (κ1) is 20.4. The minimum Gasteiger partial charge on any atom is -0.420 e.